The molecular weight excluding hydrogens is 404 g/mol. The predicted octanol–water partition coefficient (Wildman–Crippen LogP) is 3.22. The first-order valence-electron chi connectivity index (χ1n) is 11.1. The highest BCUT2D eigenvalue weighted by Gasteiger charge is 2.06. The molecule has 2 rings (SSSR count). The van der Waals surface area contributed by atoms with Gasteiger partial charge in [-0.05, 0) is 57.3 Å². The molecule has 0 bridgehead atoms. The van der Waals surface area contributed by atoms with Crippen LogP contribution < -0.4 is 20.1 Å². The molecule has 0 amide bonds. The smallest absolute Gasteiger partial charge is 0.191 e. The molecular formula is C25H38N4O3. The summed E-state index contributed by atoms with van der Waals surface area (Å²) in [6.45, 7) is 8.70. The first kappa shape index (κ1) is 25.5. The highest BCUT2D eigenvalue weighted by atomic mass is 16.5. The number of benzene rings is 2. The minimum absolute atomic E-state index is 0.522. The molecule has 0 unspecified atom stereocenters. The fourth-order valence-corrected chi connectivity index (χ4v) is 2.95. The van der Waals surface area contributed by atoms with Crippen molar-refractivity contribution in [1.82, 2.24) is 15.5 Å². The number of hydrogen-bond acceptors (Lipinski definition) is 5. The molecule has 0 saturated heterocycles. The van der Waals surface area contributed by atoms with E-state index in [0.717, 1.165) is 47.2 Å². The van der Waals surface area contributed by atoms with E-state index in [9.17, 15) is 0 Å². The second-order valence-corrected chi connectivity index (χ2v) is 7.80. The van der Waals surface area contributed by atoms with Crippen molar-refractivity contribution in [2.45, 2.75) is 26.9 Å². The molecule has 176 valence electrons. The van der Waals surface area contributed by atoms with E-state index in [2.05, 4.69) is 53.6 Å². The molecule has 0 saturated carbocycles. The van der Waals surface area contributed by atoms with E-state index in [1.165, 1.54) is 0 Å². The number of nitrogens with zero attached hydrogens (tertiary/aromatic N) is 2. The quantitative estimate of drug-likeness (QED) is 0.282. The van der Waals surface area contributed by atoms with Gasteiger partial charge < -0.3 is 29.7 Å². The van der Waals surface area contributed by atoms with Crippen molar-refractivity contribution in [3.8, 4) is 11.5 Å². The minimum atomic E-state index is 0.522. The largest absolute Gasteiger partial charge is 0.492 e. The lowest BCUT2D eigenvalue weighted by Gasteiger charge is -2.15. The maximum Gasteiger partial charge on any atom is 0.191 e. The van der Waals surface area contributed by atoms with Gasteiger partial charge in [-0.3, -0.25) is 0 Å². The van der Waals surface area contributed by atoms with Gasteiger partial charge in [-0.1, -0.05) is 24.3 Å². The van der Waals surface area contributed by atoms with Crippen molar-refractivity contribution in [2.75, 3.05) is 54.1 Å². The van der Waals surface area contributed by atoms with Crippen LogP contribution in [0.4, 0.5) is 0 Å². The molecule has 0 heterocycles. The number of aryl methyl sites for hydroxylation is 1. The van der Waals surface area contributed by atoms with E-state index in [-0.39, 0.29) is 0 Å². The molecule has 2 N–H and O–H groups in total. The highest BCUT2D eigenvalue weighted by molar-refractivity contribution is 5.79. The van der Waals surface area contributed by atoms with Crippen LogP contribution in [-0.4, -0.2) is 65.0 Å². The van der Waals surface area contributed by atoms with Crippen LogP contribution in [0.1, 0.15) is 23.6 Å². The second kappa shape index (κ2) is 14.3. The third kappa shape index (κ3) is 9.58. The Morgan fingerprint density at radius 2 is 1.84 bits per heavy atom. The van der Waals surface area contributed by atoms with Gasteiger partial charge in [0.2, 0.25) is 0 Å². The Morgan fingerprint density at radius 1 is 1.00 bits per heavy atom. The van der Waals surface area contributed by atoms with E-state index in [0.29, 0.717) is 32.9 Å². The van der Waals surface area contributed by atoms with Crippen molar-refractivity contribution in [3.05, 3.63) is 59.2 Å². The molecule has 0 aliphatic carbocycles. The number of likely N-dealkylation sites (N-methyl/N-ethyl adjacent to an activating group) is 1. The Hall–Kier alpha value is -2.77. The van der Waals surface area contributed by atoms with Crippen molar-refractivity contribution in [3.63, 3.8) is 0 Å². The Balaban J connectivity index is 1.99. The first-order valence-corrected chi connectivity index (χ1v) is 11.1. The molecule has 32 heavy (non-hydrogen) atoms. The third-order valence-corrected chi connectivity index (χ3v) is 4.68. The van der Waals surface area contributed by atoms with Crippen molar-refractivity contribution in [2.24, 2.45) is 4.99 Å². The predicted molar refractivity (Wildman–Crippen MR) is 131 cm³/mol. The molecule has 0 aliphatic heterocycles. The Morgan fingerprint density at radius 3 is 2.59 bits per heavy atom. The standard InChI is InChI=1S/C25H38N4O3/c1-6-26-25(27-18-21-8-7-9-23(17-21)31-13-12-29(3)4)28-19-22-11-10-20(2)16-24(22)32-15-14-30-5/h7-11,16-17H,6,12-15,18-19H2,1-5H3,(H2,26,27,28). The van der Waals surface area contributed by atoms with E-state index in [4.69, 9.17) is 19.2 Å². The lowest BCUT2D eigenvalue weighted by molar-refractivity contribution is 0.145. The van der Waals surface area contributed by atoms with Gasteiger partial charge in [0.15, 0.2) is 5.96 Å². The summed E-state index contributed by atoms with van der Waals surface area (Å²) in [6, 6.07) is 14.3. The maximum absolute atomic E-state index is 5.90. The second-order valence-electron chi connectivity index (χ2n) is 7.80. The van der Waals surface area contributed by atoms with Crippen LogP contribution in [-0.2, 0) is 17.8 Å². The molecule has 7 heteroatoms. The minimum Gasteiger partial charge on any atom is -0.492 e. The maximum atomic E-state index is 5.90. The van der Waals surface area contributed by atoms with Crippen LogP contribution in [0, 0.1) is 6.92 Å². The Bertz CT molecular complexity index is 840. The van der Waals surface area contributed by atoms with E-state index >= 15 is 0 Å². The SMILES string of the molecule is CCNC(=NCc1cccc(OCCN(C)C)c1)NCc1ccc(C)cc1OCCOC. The molecule has 0 radical (unpaired) electrons. The van der Waals surface area contributed by atoms with Gasteiger partial charge >= 0.3 is 0 Å². The summed E-state index contributed by atoms with van der Waals surface area (Å²) >= 11 is 0. The van der Waals surface area contributed by atoms with Crippen LogP contribution in [0.5, 0.6) is 11.5 Å². The number of rotatable bonds is 13. The van der Waals surface area contributed by atoms with Crippen LogP contribution in [0.15, 0.2) is 47.5 Å². The van der Waals surface area contributed by atoms with Gasteiger partial charge in [-0.25, -0.2) is 4.99 Å². The van der Waals surface area contributed by atoms with Gasteiger partial charge in [-0.15, -0.1) is 0 Å². The van der Waals surface area contributed by atoms with Gasteiger partial charge in [0.1, 0.15) is 24.7 Å². The molecule has 0 fully saturated rings. The van der Waals surface area contributed by atoms with Gasteiger partial charge in [0, 0.05) is 32.3 Å². The Kier molecular flexibility index (Phi) is 11.4. The summed E-state index contributed by atoms with van der Waals surface area (Å²) in [5, 5.41) is 6.72. The van der Waals surface area contributed by atoms with Crippen molar-refractivity contribution >= 4 is 5.96 Å². The molecule has 7 nitrogen and oxygen atoms in total. The normalized spacial score (nSPS) is 11.5. The fraction of sp³-hybridized carbons (Fsp3) is 0.480. The van der Waals surface area contributed by atoms with Gasteiger partial charge in [0.05, 0.1) is 13.2 Å². The van der Waals surface area contributed by atoms with Crippen LogP contribution in [0.2, 0.25) is 0 Å². The molecule has 0 aliphatic rings. The summed E-state index contributed by atoms with van der Waals surface area (Å²) in [6.07, 6.45) is 0. The number of hydrogen-bond donors (Lipinski definition) is 2. The average molecular weight is 443 g/mol. The number of aliphatic imine (C=N–C) groups is 1. The summed E-state index contributed by atoms with van der Waals surface area (Å²) < 4.78 is 16.8. The molecule has 0 atom stereocenters. The van der Waals surface area contributed by atoms with E-state index < -0.39 is 0 Å². The van der Waals surface area contributed by atoms with Crippen LogP contribution in [0.3, 0.4) is 0 Å². The van der Waals surface area contributed by atoms with Crippen molar-refractivity contribution < 1.29 is 14.2 Å². The first-order chi connectivity index (χ1) is 15.5. The summed E-state index contributed by atoms with van der Waals surface area (Å²) in [7, 11) is 5.75. The molecule has 0 aromatic heterocycles. The van der Waals surface area contributed by atoms with E-state index in [1.54, 1.807) is 7.11 Å². The lowest BCUT2D eigenvalue weighted by Crippen LogP contribution is -2.36. The third-order valence-electron chi connectivity index (χ3n) is 4.68. The zero-order valence-corrected chi connectivity index (χ0v) is 20.1. The monoisotopic (exact) mass is 442 g/mol. The fourth-order valence-electron chi connectivity index (χ4n) is 2.95. The van der Waals surface area contributed by atoms with Crippen molar-refractivity contribution in [1.29, 1.82) is 0 Å². The number of nitrogens with one attached hydrogen (secondary N) is 2. The van der Waals surface area contributed by atoms with Crippen LogP contribution >= 0.6 is 0 Å². The highest BCUT2D eigenvalue weighted by Crippen LogP contribution is 2.20. The summed E-state index contributed by atoms with van der Waals surface area (Å²) in [5.74, 6) is 2.50. The number of guanidine groups is 1. The average Bonchev–Trinajstić information content (AvgIpc) is 2.77. The molecule has 0 spiro atoms. The summed E-state index contributed by atoms with van der Waals surface area (Å²) in [5.41, 5.74) is 3.34. The topological polar surface area (TPSA) is 67.4 Å². The molecule has 2 aromatic rings. The zero-order chi connectivity index (χ0) is 23.2. The number of ether oxygens (including phenoxy) is 3. The lowest BCUT2D eigenvalue weighted by atomic mass is 10.1. The van der Waals surface area contributed by atoms with Gasteiger partial charge in [0.25, 0.3) is 0 Å². The van der Waals surface area contributed by atoms with Crippen LogP contribution in [0.25, 0.3) is 0 Å². The summed E-state index contributed by atoms with van der Waals surface area (Å²) in [4.78, 5) is 6.84. The zero-order valence-electron chi connectivity index (χ0n) is 20.1. The van der Waals surface area contributed by atoms with E-state index in [1.807, 2.05) is 32.3 Å². The number of methoxy groups -OCH3 is 1. The van der Waals surface area contributed by atoms with Gasteiger partial charge in [-0.2, -0.15) is 0 Å². The Labute approximate surface area is 192 Å². The molecule has 2 aromatic carbocycles.